The lowest BCUT2D eigenvalue weighted by atomic mass is 9.69. The van der Waals surface area contributed by atoms with Gasteiger partial charge in [-0.15, -0.1) is 24.0 Å². The van der Waals surface area contributed by atoms with Crippen LogP contribution in [0.15, 0.2) is 29.3 Å². The molecule has 3 rings (SSSR count). The number of methoxy groups -OCH3 is 1. The molecule has 31 heavy (non-hydrogen) atoms. The first kappa shape index (κ1) is 26.2. The summed E-state index contributed by atoms with van der Waals surface area (Å²) in [4.78, 5) is 4.42. The molecule has 1 aliphatic carbocycles. The lowest BCUT2D eigenvalue weighted by molar-refractivity contribution is 0.0888. The maximum atomic E-state index is 5.79. The van der Waals surface area contributed by atoms with Crippen LogP contribution in [0.3, 0.4) is 0 Å². The number of guanidine groups is 1. The Labute approximate surface area is 204 Å². The Morgan fingerprint density at radius 1 is 1.16 bits per heavy atom. The third-order valence-corrected chi connectivity index (χ3v) is 6.47. The standard InChI is InChI=1S/C24H39N3O3.HI/c1-25-23(26-14-6-15-29-17-20-11-16-30-18-20)27-19-24(12-4-3-5-13-24)21-7-9-22(28-2)10-8-21;/h7-10,20H,3-6,11-19H2,1-2H3,(H2,25,26,27);1H. The minimum Gasteiger partial charge on any atom is -0.497 e. The van der Waals surface area contributed by atoms with Crippen molar-refractivity contribution in [3.8, 4) is 5.75 Å². The monoisotopic (exact) mass is 545 g/mol. The minimum atomic E-state index is 0. The van der Waals surface area contributed by atoms with Gasteiger partial charge in [0.05, 0.1) is 20.3 Å². The fourth-order valence-electron chi connectivity index (χ4n) is 4.56. The van der Waals surface area contributed by atoms with Crippen molar-refractivity contribution in [2.45, 2.75) is 50.4 Å². The number of nitrogens with zero attached hydrogens (tertiary/aromatic N) is 1. The fourth-order valence-corrected chi connectivity index (χ4v) is 4.56. The maximum Gasteiger partial charge on any atom is 0.191 e. The van der Waals surface area contributed by atoms with Crippen LogP contribution in [0, 0.1) is 5.92 Å². The molecule has 2 fully saturated rings. The van der Waals surface area contributed by atoms with Gasteiger partial charge >= 0.3 is 0 Å². The van der Waals surface area contributed by atoms with Gasteiger partial charge in [0.25, 0.3) is 0 Å². The predicted octanol–water partition coefficient (Wildman–Crippen LogP) is 4.12. The summed E-state index contributed by atoms with van der Waals surface area (Å²) in [5, 5.41) is 7.03. The Hall–Kier alpha value is -1.06. The third kappa shape index (κ3) is 8.09. The summed E-state index contributed by atoms with van der Waals surface area (Å²) >= 11 is 0. The zero-order chi connectivity index (χ0) is 21.1. The summed E-state index contributed by atoms with van der Waals surface area (Å²) < 4.78 is 16.5. The number of nitrogens with one attached hydrogen (secondary N) is 2. The smallest absolute Gasteiger partial charge is 0.191 e. The van der Waals surface area contributed by atoms with Crippen molar-refractivity contribution < 1.29 is 14.2 Å². The summed E-state index contributed by atoms with van der Waals surface area (Å²) in [5.74, 6) is 2.37. The molecule has 0 spiro atoms. The van der Waals surface area contributed by atoms with E-state index in [0.29, 0.717) is 5.92 Å². The third-order valence-electron chi connectivity index (χ3n) is 6.47. The number of rotatable bonds is 10. The highest BCUT2D eigenvalue weighted by molar-refractivity contribution is 14.0. The molecule has 2 aliphatic rings. The van der Waals surface area contributed by atoms with Crippen LogP contribution < -0.4 is 15.4 Å². The van der Waals surface area contributed by atoms with Gasteiger partial charge in [0.15, 0.2) is 5.96 Å². The van der Waals surface area contributed by atoms with Gasteiger partial charge in [-0.2, -0.15) is 0 Å². The SMILES string of the molecule is CN=C(NCCCOCC1CCOC1)NCC1(c2ccc(OC)cc2)CCCCC1.I. The maximum absolute atomic E-state index is 5.79. The molecule has 1 aromatic carbocycles. The summed E-state index contributed by atoms with van der Waals surface area (Å²) in [6, 6.07) is 8.62. The van der Waals surface area contributed by atoms with Gasteiger partial charge in [-0.3, -0.25) is 4.99 Å². The summed E-state index contributed by atoms with van der Waals surface area (Å²) in [7, 11) is 3.56. The average molecular weight is 546 g/mol. The molecule has 0 radical (unpaired) electrons. The fraction of sp³-hybridized carbons (Fsp3) is 0.708. The van der Waals surface area contributed by atoms with E-state index in [1.807, 2.05) is 7.05 Å². The first-order valence-corrected chi connectivity index (χ1v) is 11.5. The highest BCUT2D eigenvalue weighted by Crippen LogP contribution is 2.39. The van der Waals surface area contributed by atoms with Crippen molar-refractivity contribution >= 4 is 29.9 Å². The van der Waals surface area contributed by atoms with E-state index in [4.69, 9.17) is 14.2 Å². The molecule has 176 valence electrons. The predicted molar refractivity (Wildman–Crippen MR) is 137 cm³/mol. The topological polar surface area (TPSA) is 64.1 Å². The van der Waals surface area contributed by atoms with Gasteiger partial charge in [-0.25, -0.2) is 0 Å². The Morgan fingerprint density at radius 2 is 1.94 bits per heavy atom. The van der Waals surface area contributed by atoms with E-state index in [-0.39, 0.29) is 29.4 Å². The Kier molecular flexibility index (Phi) is 12.0. The van der Waals surface area contributed by atoms with E-state index < -0.39 is 0 Å². The highest BCUT2D eigenvalue weighted by Gasteiger charge is 2.34. The normalized spacial score (nSPS) is 20.7. The molecular weight excluding hydrogens is 505 g/mol. The molecule has 1 saturated carbocycles. The van der Waals surface area contributed by atoms with E-state index in [1.54, 1.807) is 7.11 Å². The van der Waals surface area contributed by atoms with Crippen LogP contribution in [0.4, 0.5) is 0 Å². The second-order valence-electron chi connectivity index (χ2n) is 8.58. The van der Waals surface area contributed by atoms with Crippen LogP contribution in [-0.2, 0) is 14.9 Å². The second-order valence-corrected chi connectivity index (χ2v) is 8.58. The molecule has 6 nitrogen and oxygen atoms in total. The quantitative estimate of drug-likeness (QED) is 0.201. The van der Waals surface area contributed by atoms with E-state index in [0.717, 1.165) is 64.1 Å². The van der Waals surface area contributed by atoms with E-state index in [1.165, 1.54) is 37.7 Å². The van der Waals surface area contributed by atoms with Crippen LogP contribution in [0.5, 0.6) is 5.75 Å². The molecule has 1 aliphatic heterocycles. The van der Waals surface area contributed by atoms with Crippen LogP contribution in [-0.4, -0.2) is 59.6 Å². The first-order valence-electron chi connectivity index (χ1n) is 11.5. The van der Waals surface area contributed by atoms with Crippen molar-refractivity contribution in [1.82, 2.24) is 10.6 Å². The lowest BCUT2D eigenvalue weighted by Gasteiger charge is -2.38. The zero-order valence-electron chi connectivity index (χ0n) is 19.2. The van der Waals surface area contributed by atoms with Crippen LogP contribution in [0.2, 0.25) is 0 Å². The van der Waals surface area contributed by atoms with Crippen molar-refractivity contribution in [2.75, 3.05) is 53.7 Å². The summed E-state index contributed by atoms with van der Waals surface area (Å²) in [5.41, 5.74) is 1.56. The molecule has 1 aromatic rings. The number of benzene rings is 1. The first-order chi connectivity index (χ1) is 14.8. The van der Waals surface area contributed by atoms with Crippen molar-refractivity contribution in [1.29, 1.82) is 0 Å². The Bertz CT molecular complexity index is 642. The number of aliphatic imine (C=N–C) groups is 1. The Morgan fingerprint density at radius 3 is 2.58 bits per heavy atom. The van der Waals surface area contributed by atoms with Crippen molar-refractivity contribution in [3.63, 3.8) is 0 Å². The van der Waals surface area contributed by atoms with Gasteiger partial charge in [0.1, 0.15) is 5.75 Å². The molecule has 1 saturated heterocycles. The lowest BCUT2D eigenvalue weighted by Crippen LogP contribution is -2.46. The summed E-state index contributed by atoms with van der Waals surface area (Å²) in [6.07, 6.45) is 8.41. The number of hydrogen-bond donors (Lipinski definition) is 2. The van der Waals surface area contributed by atoms with Crippen molar-refractivity contribution in [2.24, 2.45) is 10.9 Å². The largest absolute Gasteiger partial charge is 0.497 e. The van der Waals surface area contributed by atoms with Crippen LogP contribution in [0.1, 0.15) is 50.5 Å². The molecule has 2 N–H and O–H groups in total. The van der Waals surface area contributed by atoms with E-state index in [2.05, 4.69) is 39.9 Å². The highest BCUT2D eigenvalue weighted by atomic mass is 127. The number of hydrogen-bond acceptors (Lipinski definition) is 4. The molecule has 1 atom stereocenters. The second kappa shape index (κ2) is 14.2. The molecular formula is C24H40IN3O3. The van der Waals surface area contributed by atoms with Crippen LogP contribution in [0.25, 0.3) is 0 Å². The van der Waals surface area contributed by atoms with Gasteiger partial charge in [-0.05, 0) is 43.4 Å². The Balaban J connectivity index is 0.00000341. The number of ether oxygens (including phenoxy) is 3. The van der Waals surface area contributed by atoms with Gasteiger partial charge < -0.3 is 24.8 Å². The van der Waals surface area contributed by atoms with Gasteiger partial charge in [0.2, 0.25) is 0 Å². The molecule has 0 bridgehead atoms. The van der Waals surface area contributed by atoms with E-state index >= 15 is 0 Å². The summed E-state index contributed by atoms with van der Waals surface area (Å²) in [6.45, 7) is 5.08. The molecule has 0 amide bonds. The van der Waals surface area contributed by atoms with Gasteiger partial charge in [-0.1, -0.05) is 31.4 Å². The van der Waals surface area contributed by atoms with Gasteiger partial charge in [0, 0.05) is 44.7 Å². The molecule has 7 heteroatoms. The molecule has 0 aromatic heterocycles. The number of halogens is 1. The van der Waals surface area contributed by atoms with Crippen LogP contribution >= 0.6 is 24.0 Å². The van der Waals surface area contributed by atoms with E-state index in [9.17, 15) is 0 Å². The molecule has 1 unspecified atom stereocenters. The minimum absolute atomic E-state index is 0. The molecule has 1 heterocycles. The average Bonchev–Trinajstić information content (AvgIpc) is 3.32. The zero-order valence-corrected chi connectivity index (χ0v) is 21.5. The van der Waals surface area contributed by atoms with Crippen molar-refractivity contribution in [3.05, 3.63) is 29.8 Å².